The maximum absolute atomic E-state index is 12.8. The van der Waals surface area contributed by atoms with Crippen molar-refractivity contribution in [1.29, 1.82) is 0 Å². The van der Waals surface area contributed by atoms with E-state index >= 15 is 0 Å². The van der Waals surface area contributed by atoms with Gasteiger partial charge in [-0.25, -0.2) is 4.98 Å². The Hall–Kier alpha value is -2.15. The summed E-state index contributed by atoms with van der Waals surface area (Å²) in [5.41, 5.74) is 1.69. The number of aromatic nitrogens is 4. The summed E-state index contributed by atoms with van der Waals surface area (Å²) in [6.45, 7) is 3.86. The van der Waals surface area contributed by atoms with Crippen LogP contribution < -0.4 is 0 Å². The highest BCUT2D eigenvalue weighted by atomic mass is 16.5. The Kier molecular flexibility index (Phi) is 3.88. The number of likely N-dealkylation sites (tertiary alicyclic amines) is 1. The molecule has 2 aliphatic rings. The molecule has 2 fully saturated rings. The van der Waals surface area contributed by atoms with Crippen LogP contribution in [0, 0.1) is 18.8 Å². The number of hydrogen-bond donors (Lipinski definition) is 2. The van der Waals surface area contributed by atoms with Gasteiger partial charge in [0.1, 0.15) is 12.3 Å². The summed E-state index contributed by atoms with van der Waals surface area (Å²) >= 11 is 0. The molecule has 7 heteroatoms. The standard InChI is InChI=1S/C17H23N5O2/c1-10-5-6-18-15(10)17(23)22-7-12(11-3-4-11)13(8-22)16-19-14(9-24-2)20-21-16/h5-6,11-13,18H,3-4,7-9H2,1-2H3,(H,19,20,21)/t12-,13+/m1/s1. The molecular formula is C17H23N5O2. The molecular weight excluding hydrogens is 306 g/mol. The lowest BCUT2D eigenvalue weighted by atomic mass is 9.91. The quantitative estimate of drug-likeness (QED) is 0.876. The predicted molar refractivity (Wildman–Crippen MR) is 87.5 cm³/mol. The first kappa shape index (κ1) is 15.4. The van der Waals surface area contributed by atoms with E-state index in [2.05, 4.69) is 20.2 Å². The first-order valence-corrected chi connectivity index (χ1v) is 8.50. The van der Waals surface area contributed by atoms with Gasteiger partial charge < -0.3 is 14.6 Å². The predicted octanol–water partition coefficient (Wildman–Crippen LogP) is 1.85. The third-order valence-electron chi connectivity index (χ3n) is 5.21. The summed E-state index contributed by atoms with van der Waals surface area (Å²) in [7, 11) is 1.64. The Balaban J connectivity index is 1.55. The Morgan fingerprint density at radius 1 is 1.42 bits per heavy atom. The van der Waals surface area contributed by atoms with E-state index in [4.69, 9.17) is 4.74 Å². The molecule has 2 aromatic heterocycles. The van der Waals surface area contributed by atoms with Gasteiger partial charge in [-0.3, -0.25) is 9.89 Å². The number of H-pyrrole nitrogens is 2. The topological polar surface area (TPSA) is 86.9 Å². The molecule has 2 N–H and O–H groups in total. The molecule has 0 bridgehead atoms. The zero-order valence-electron chi connectivity index (χ0n) is 14.1. The summed E-state index contributed by atoms with van der Waals surface area (Å²) in [4.78, 5) is 22.4. The van der Waals surface area contributed by atoms with Crippen LogP contribution in [-0.2, 0) is 11.3 Å². The van der Waals surface area contributed by atoms with Crippen LogP contribution in [0.15, 0.2) is 12.3 Å². The van der Waals surface area contributed by atoms with Gasteiger partial charge in [0.2, 0.25) is 0 Å². The van der Waals surface area contributed by atoms with Gasteiger partial charge in [0, 0.05) is 32.3 Å². The highest BCUT2D eigenvalue weighted by Crippen LogP contribution is 2.47. The van der Waals surface area contributed by atoms with E-state index < -0.39 is 0 Å². The second kappa shape index (κ2) is 6.05. The highest BCUT2D eigenvalue weighted by molar-refractivity contribution is 5.94. The number of aromatic amines is 2. The van der Waals surface area contributed by atoms with Gasteiger partial charge in [0.25, 0.3) is 5.91 Å². The van der Waals surface area contributed by atoms with E-state index in [1.165, 1.54) is 12.8 Å². The summed E-state index contributed by atoms with van der Waals surface area (Å²) in [5.74, 6) is 3.00. The summed E-state index contributed by atoms with van der Waals surface area (Å²) in [5, 5.41) is 7.34. The molecule has 4 rings (SSSR count). The van der Waals surface area contributed by atoms with Crippen molar-refractivity contribution in [2.24, 2.45) is 11.8 Å². The number of aryl methyl sites for hydroxylation is 1. The average molecular weight is 329 g/mol. The average Bonchev–Trinajstić information content (AvgIpc) is 2.99. The van der Waals surface area contributed by atoms with Crippen molar-refractivity contribution >= 4 is 5.91 Å². The van der Waals surface area contributed by atoms with Crippen LogP contribution in [0.5, 0.6) is 0 Å². The number of nitrogens with one attached hydrogen (secondary N) is 2. The van der Waals surface area contributed by atoms with Crippen molar-refractivity contribution in [3.63, 3.8) is 0 Å². The van der Waals surface area contributed by atoms with Gasteiger partial charge in [0.05, 0.1) is 0 Å². The Bertz CT molecular complexity index is 733. The first-order valence-electron chi connectivity index (χ1n) is 8.50. The van der Waals surface area contributed by atoms with Gasteiger partial charge in [-0.15, -0.1) is 0 Å². The first-order chi connectivity index (χ1) is 11.7. The van der Waals surface area contributed by atoms with Crippen molar-refractivity contribution in [1.82, 2.24) is 25.1 Å². The zero-order valence-corrected chi connectivity index (χ0v) is 14.1. The van der Waals surface area contributed by atoms with E-state index in [0.717, 1.165) is 23.8 Å². The van der Waals surface area contributed by atoms with E-state index in [1.54, 1.807) is 7.11 Å². The highest BCUT2D eigenvalue weighted by Gasteiger charge is 2.46. The van der Waals surface area contributed by atoms with Gasteiger partial charge in [-0.2, -0.15) is 5.10 Å². The SMILES string of the molecule is COCc1nc([C@H]2CN(C(=O)c3[nH]ccc3C)C[C@@H]2C2CC2)n[nH]1. The maximum Gasteiger partial charge on any atom is 0.270 e. The van der Waals surface area contributed by atoms with Crippen LogP contribution in [0.1, 0.15) is 46.5 Å². The van der Waals surface area contributed by atoms with Crippen LogP contribution in [0.25, 0.3) is 0 Å². The number of amides is 1. The van der Waals surface area contributed by atoms with Crippen molar-refractivity contribution in [2.75, 3.05) is 20.2 Å². The molecule has 24 heavy (non-hydrogen) atoms. The second-order valence-electron chi connectivity index (χ2n) is 6.93. The van der Waals surface area contributed by atoms with Crippen molar-refractivity contribution in [3.8, 4) is 0 Å². The molecule has 1 amide bonds. The third kappa shape index (κ3) is 2.73. The molecule has 0 radical (unpaired) electrons. The lowest BCUT2D eigenvalue weighted by Gasteiger charge is -2.16. The molecule has 0 aromatic carbocycles. The molecule has 2 atom stereocenters. The minimum atomic E-state index is 0.0818. The largest absolute Gasteiger partial charge is 0.377 e. The summed E-state index contributed by atoms with van der Waals surface area (Å²) in [6.07, 6.45) is 4.32. The lowest BCUT2D eigenvalue weighted by molar-refractivity contribution is 0.0779. The summed E-state index contributed by atoms with van der Waals surface area (Å²) in [6, 6.07) is 1.94. The maximum atomic E-state index is 12.8. The lowest BCUT2D eigenvalue weighted by Crippen LogP contribution is -2.30. The number of hydrogen-bond acceptors (Lipinski definition) is 4. The second-order valence-corrected chi connectivity index (χ2v) is 6.93. The molecule has 7 nitrogen and oxygen atoms in total. The Morgan fingerprint density at radius 2 is 2.25 bits per heavy atom. The van der Waals surface area contributed by atoms with E-state index in [9.17, 15) is 4.79 Å². The van der Waals surface area contributed by atoms with Gasteiger partial charge >= 0.3 is 0 Å². The molecule has 1 saturated heterocycles. The minimum absolute atomic E-state index is 0.0818. The van der Waals surface area contributed by atoms with Gasteiger partial charge in [0.15, 0.2) is 11.6 Å². The molecule has 128 valence electrons. The third-order valence-corrected chi connectivity index (χ3v) is 5.21. The van der Waals surface area contributed by atoms with Crippen molar-refractivity contribution in [3.05, 3.63) is 35.2 Å². The normalized spacial score (nSPS) is 23.8. The van der Waals surface area contributed by atoms with Crippen LogP contribution >= 0.6 is 0 Å². The van der Waals surface area contributed by atoms with Crippen LogP contribution in [0.4, 0.5) is 0 Å². The monoisotopic (exact) mass is 329 g/mol. The number of nitrogens with zero attached hydrogens (tertiary/aromatic N) is 3. The fourth-order valence-electron chi connectivity index (χ4n) is 3.78. The molecule has 1 saturated carbocycles. The zero-order chi connectivity index (χ0) is 16.7. The van der Waals surface area contributed by atoms with E-state index in [0.29, 0.717) is 30.7 Å². The number of carbonyl (C=O) groups excluding carboxylic acids is 1. The number of methoxy groups -OCH3 is 1. The summed E-state index contributed by atoms with van der Waals surface area (Å²) < 4.78 is 5.11. The number of rotatable bonds is 5. The van der Waals surface area contributed by atoms with E-state index in [-0.39, 0.29) is 11.8 Å². The van der Waals surface area contributed by atoms with E-state index in [1.807, 2.05) is 24.1 Å². The fourth-order valence-corrected chi connectivity index (χ4v) is 3.78. The molecule has 0 spiro atoms. The van der Waals surface area contributed by atoms with Crippen LogP contribution in [0.3, 0.4) is 0 Å². The van der Waals surface area contributed by atoms with Crippen molar-refractivity contribution < 1.29 is 9.53 Å². The number of ether oxygens (including phenoxy) is 1. The van der Waals surface area contributed by atoms with Gasteiger partial charge in [-0.05, 0) is 43.2 Å². The van der Waals surface area contributed by atoms with Crippen LogP contribution in [-0.4, -0.2) is 51.2 Å². The smallest absolute Gasteiger partial charge is 0.270 e. The Morgan fingerprint density at radius 3 is 2.92 bits per heavy atom. The number of carbonyl (C=O) groups is 1. The van der Waals surface area contributed by atoms with Crippen molar-refractivity contribution in [2.45, 2.75) is 32.3 Å². The Labute approximate surface area is 140 Å². The molecule has 0 unspecified atom stereocenters. The molecule has 1 aliphatic heterocycles. The molecule has 1 aliphatic carbocycles. The van der Waals surface area contributed by atoms with Crippen LogP contribution in [0.2, 0.25) is 0 Å². The molecule has 2 aromatic rings. The van der Waals surface area contributed by atoms with Gasteiger partial charge in [-0.1, -0.05) is 0 Å². The molecule has 3 heterocycles. The fraction of sp³-hybridized carbons (Fsp3) is 0.588. The minimum Gasteiger partial charge on any atom is -0.377 e.